The van der Waals surface area contributed by atoms with Gasteiger partial charge in [-0.15, -0.1) is 0 Å². The number of nitrogens with one attached hydrogen (secondary N) is 1. The molecule has 2 aromatic rings. The van der Waals surface area contributed by atoms with Crippen LogP contribution in [0.5, 0.6) is 5.75 Å². The number of hydrogen-bond donors (Lipinski definition) is 1. The molecule has 0 aliphatic rings. The van der Waals surface area contributed by atoms with Crippen LogP contribution in [0.2, 0.25) is 0 Å². The minimum Gasteiger partial charge on any atom is -0.497 e. The molecule has 0 heterocycles. The van der Waals surface area contributed by atoms with Crippen LogP contribution in [-0.2, 0) is 4.79 Å². The van der Waals surface area contributed by atoms with Gasteiger partial charge >= 0.3 is 0 Å². The summed E-state index contributed by atoms with van der Waals surface area (Å²) in [7, 11) is 1.66. The van der Waals surface area contributed by atoms with E-state index < -0.39 is 0 Å². The molecule has 2 aromatic carbocycles. The zero-order chi connectivity index (χ0) is 14.5. The van der Waals surface area contributed by atoms with E-state index >= 15 is 0 Å². The Bertz CT molecular complexity index is 573. The molecule has 3 nitrogen and oxygen atoms in total. The van der Waals surface area contributed by atoms with Gasteiger partial charge in [0.1, 0.15) is 5.75 Å². The molecule has 0 aliphatic carbocycles. The number of carbonyl (C=O) groups is 1. The number of rotatable bonds is 4. The van der Waals surface area contributed by atoms with Gasteiger partial charge in [-0.3, -0.25) is 4.79 Å². The summed E-state index contributed by atoms with van der Waals surface area (Å²) in [5, 5.41) is 2.88. The zero-order valence-corrected chi connectivity index (χ0v) is 12.0. The molecule has 0 saturated heterocycles. The predicted molar refractivity (Wildman–Crippen MR) is 80.7 cm³/mol. The molecule has 20 heavy (non-hydrogen) atoms. The predicted octanol–water partition coefficient (Wildman–Crippen LogP) is 3.56. The SMILES string of the molecule is COc1ccc(-c2ccc(C(C)NC(C)=O)cc2)cc1. The Kier molecular flexibility index (Phi) is 4.41. The molecule has 2 rings (SSSR count). The summed E-state index contributed by atoms with van der Waals surface area (Å²) in [5.74, 6) is 0.835. The molecule has 0 aromatic heterocycles. The molecule has 1 unspecified atom stereocenters. The van der Waals surface area contributed by atoms with Crippen LogP contribution >= 0.6 is 0 Å². The highest BCUT2D eigenvalue weighted by molar-refractivity contribution is 5.73. The number of ether oxygens (including phenoxy) is 1. The first-order valence-electron chi connectivity index (χ1n) is 6.61. The minimum atomic E-state index is -0.0169. The molecule has 0 saturated carbocycles. The van der Waals surface area contributed by atoms with Gasteiger partial charge in [0.25, 0.3) is 0 Å². The van der Waals surface area contributed by atoms with Crippen LogP contribution in [-0.4, -0.2) is 13.0 Å². The number of amides is 1. The van der Waals surface area contributed by atoms with Gasteiger partial charge in [0, 0.05) is 6.92 Å². The molecule has 0 fully saturated rings. The van der Waals surface area contributed by atoms with E-state index in [0.717, 1.165) is 22.4 Å². The van der Waals surface area contributed by atoms with Crippen molar-refractivity contribution < 1.29 is 9.53 Å². The Labute approximate surface area is 119 Å². The van der Waals surface area contributed by atoms with Crippen LogP contribution in [0.3, 0.4) is 0 Å². The van der Waals surface area contributed by atoms with E-state index in [1.165, 1.54) is 6.92 Å². The van der Waals surface area contributed by atoms with Crippen molar-refractivity contribution in [2.75, 3.05) is 7.11 Å². The van der Waals surface area contributed by atoms with Crippen molar-refractivity contribution >= 4 is 5.91 Å². The maximum absolute atomic E-state index is 11.1. The Morgan fingerprint density at radius 3 is 1.95 bits per heavy atom. The van der Waals surface area contributed by atoms with Crippen LogP contribution < -0.4 is 10.1 Å². The molecule has 0 aliphatic heterocycles. The molecule has 104 valence electrons. The van der Waals surface area contributed by atoms with Gasteiger partial charge in [0.05, 0.1) is 13.2 Å². The largest absolute Gasteiger partial charge is 0.497 e. The van der Waals surface area contributed by atoms with Crippen molar-refractivity contribution in [1.29, 1.82) is 0 Å². The van der Waals surface area contributed by atoms with Crippen LogP contribution in [0.15, 0.2) is 48.5 Å². The Morgan fingerprint density at radius 2 is 1.50 bits per heavy atom. The van der Waals surface area contributed by atoms with Crippen molar-refractivity contribution in [3.8, 4) is 16.9 Å². The average Bonchev–Trinajstić information content (AvgIpc) is 2.47. The number of benzene rings is 2. The summed E-state index contributed by atoms with van der Waals surface area (Å²) in [6.45, 7) is 3.51. The fourth-order valence-electron chi connectivity index (χ4n) is 2.14. The lowest BCUT2D eigenvalue weighted by Crippen LogP contribution is -2.23. The van der Waals surface area contributed by atoms with Gasteiger partial charge in [-0.25, -0.2) is 0 Å². The first-order valence-corrected chi connectivity index (χ1v) is 6.61. The van der Waals surface area contributed by atoms with Crippen molar-refractivity contribution in [2.45, 2.75) is 19.9 Å². The second kappa shape index (κ2) is 6.24. The summed E-state index contributed by atoms with van der Waals surface area (Å²) in [5.41, 5.74) is 3.38. The van der Waals surface area contributed by atoms with Crippen LogP contribution in [0.4, 0.5) is 0 Å². The number of methoxy groups -OCH3 is 1. The lowest BCUT2D eigenvalue weighted by atomic mass is 10.0. The van der Waals surface area contributed by atoms with Crippen LogP contribution in [0.25, 0.3) is 11.1 Å². The third kappa shape index (κ3) is 3.38. The van der Waals surface area contributed by atoms with E-state index in [-0.39, 0.29) is 11.9 Å². The molecular weight excluding hydrogens is 250 g/mol. The highest BCUT2D eigenvalue weighted by atomic mass is 16.5. The van der Waals surface area contributed by atoms with Crippen molar-refractivity contribution in [3.05, 3.63) is 54.1 Å². The molecule has 0 radical (unpaired) electrons. The number of hydrogen-bond acceptors (Lipinski definition) is 2. The average molecular weight is 269 g/mol. The van der Waals surface area contributed by atoms with Crippen molar-refractivity contribution in [1.82, 2.24) is 5.32 Å². The molecular formula is C17H19NO2. The summed E-state index contributed by atoms with van der Waals surface area (Å²) >= 11 is 0. The molecule has 0 bridgehead atoms. The van der Waals surface area contributed by atoms with E-state index in [1.54, 1.807) is 7.11 Å². The normalized spacial score (nSPS) is 11.8. The van der Waals surface area contributed by atoms with E-state index in [4.69, 9.17) is 4.74 Å². The van der Waals surface area contributed by atoms with Gasteiger partial charge in [-0.2, -0.15) is 0 Å². The fraction of sp³-hybridized carbons (Fsp3) is 0.235. The lowest BCUT2D eigenvalue weighted by Gasteiger charge is -2.13. The van der Waals surface area contributed by atoms with Gasteiger partial charge in [0.2, 0.25) is 5.91 Å². The first-order chi connectivity index (χ1) is 9.60. The van der Waals surface area contributed by atoms with Crippen LogP contribution in [0, 0.1) is 0 Å². The van der Waals surface area contributed by atoms with E-state index in [2.05, 4.69) is 17.4 Å². The zero-order valence-electron chi connectivity index (χ0n) is 12.0. The van der Waals surface area contributed by atoms with Crippen molar-refractivity contribution in [3.63, 3.8) is 0 Å². The summed E-state index contributed by atoms with van der Waals surface area (Å²) < 4.78 is 5.15. The molecule has 1 amide bonds. The quantitative estimate of drug-likeness (QED) is 0.921. The monoisotopic (exact) mass is 269 g/mol. The molecule has 0 spiro atoms. The third-order valence-electron chi connectivity index (χ3n) is 3.25. The van der Waals surface area contributed by atoms with Crippen LogP contribution in [0.1, 0.15) is 25.5 Å². The molecule has 3 heteroatoms. The van der Waals surface area contributed by atoms with E-state index in [0.29, 0.717) is 0 Å². The Balaban J connectivity index is 2.16. The lowest BCUT2D eigenvalue weighted by molar-refractivity contribution is -0.119. The summed E-state index contributed by atoms with van der Waals surface area (Å²) in [4.78, 5) is 11.1. The fourth-order valence-corrected chi connectivity index (χ4v) is 2.14. The molecule has 1 N–H and O–H groups in total. The second-order valence-corrected chi connectivity index (χ2v) is 4.77. The first kappa shape index (κ1) is 14.1. The third-order valence-corrected chi connectivity index (χ3v) is 3.25. The maximum atomic E-state index is 11.1. The summed E-state index contributed by atoms with van der Waals surface area (Å²) in [6, 6.07) is 16.2. The van der Waals surface area contributed by atoms with Crippen molar-refractivity contribution in [2.24, 2.45) is 0 Å². The molecule has 1 atom stereocenters. The topological polar surface area (TPSA) is 38.3 Å². The van der Waals surface area contributed by atoms with E-state index in [9.17, 15) is 4.79 Å². The highest BCUT2D eigenvalue weighted by Crippen LogP contribution is 2.24. The minimum absolute atomic E-state index is 0.0169. The van der Waals surface area contributed by atoms with E-state index in [1.807, 2.05) is 43.3 Å². The standard InChI is InChI=1S/C17H19NO2/c1-12(18-13(2)19)14-4-6-15(7-5-14)16-8-10-17(20-3)11-9-16/h4-12H,1-3H3,(H,18,19). The van der Waals surface area contributed by atoms with Gasteiger partial charge in [-0.05, 0) is 35.7 Å². The Hall–Kier alpha value is -2.29. The Morgan fingerprint density at radius 1 is 1.00 bits per heavy atom. The smallest absolute Gasteiger partial charge is 0.217 e. The highest BCUT2D eigenvalue weighted by Gasteiger charge is 2.06. The second-order valence-electron chi connectivity index (χ2n) is 4.77. The number of carbonyl (C=O) groups excluding carboxylic acids is 1. The van der Waals surface area contributed by atoms with Gasteiger partial charge in [0.15, 0.2) is 0 Å². The maximum Gasteiger partial charge on any atom is 0.217 e. The van der Waals surface area contributed by atoms with Gasteiger partial charge in [-0.1, -0.05) is 36.4 Å². The van der Waals surface area contributed by atoms with Gasteiger partial charge < -0.3 is 10.1 Å². The summed E-state index contributed by atoms with van der Waals surface area (Å²) in [6.07, 6.45) is 0.